The third-order valence-electron chi connectivity index (χ3n) is 4.72. The van der Waals surface area contributed by atoms with Gasteiger partial charge in [-0.25, -0.2) is 4.98 Å². The summed E-state index contributed by atoms with van der Waals surface area (Å²) in [7, 11) is 0. The van der Waals surface area contributed by atoms with Crippen LogP contribution in [-0.2, 0) is 11.3 Å². The number of aryl methyl sites for hydroxylation is 1. The predicted octanol–water partition coefficient (Wildman–Crippen LogP) is 1.81. The maximum atomic E-state index is 12.4. The highest BCUT2D eigenvalue weighted by Gasteiger charge is 2.27. The number of benzene rings is 1. The molecule has 27 heavy (non-hydrogen) atoms. The van der Waals surface area contributed by atoms with Crippen LogP contribution in [0, 0.1) is 23.0 Å². The number of hydrogen-bond donors (Lipinski definition) is 2. The van der Waals surface area contributed by atoms with E-state index in [9.17, 15) is 14.9 Å². The molecule has 1 fully saturated rings. The molecule has 3 N–H and O–H groups in total. The Morgan fingerprint density at radius 1 is 1.33 bits per heavy atom. The van der Waals surface area contributed by atoms with Gasteiger partial charge in [-0.2, -0.15) is 4.98 Å². The minimum atomic E-state index is -0.607. The average molecular weight is 370 g/mol. The molecule has 2 heterocycles. The maximum Gasteiger partial charge on any atom is 0.329 e. The van der Waals surface area contributed by atoms with Crippen LogP contribution < -0.4 is 16.0 Å². The van der Waals surface area contributed by atoms with Gasteiger partial charge in [-0.3, -0.25) is 14.9 Å². The van der Waals surface area contributed by atoms with Crippen molar-refractivity contribution in [3.05, 3.63) is 51.7 Å². The lowest BCUT2D eigenvalue weighted by molar-refractivity contribution is -0.384. The lowest BCUT2D eigenvalue weighted by Gasteiger charge is -2.31. The van der Waals surface area contributed by atoms with Crippen LogP contribution in [0.3, 0.4) is 0 Å². The van der Waals surface area contributed by atoms with Crippen molar-refractivity contribution in [2.45, 2.75) is 26.3 Å². The van der Waals surface area contributed by atoms with E-state index >= 15 is 0 Å². The molecule has 1 aromatic carbocycles. The van der Waals surface area contributed by atoms with Crippen LogP contribution in [-0.4, -0.2) is 33.9 Å². The van der Waals surface area contributed by atoms with E-state index in [2.05, 4.69) is 15.3 Å². The molecule has 0 unspecified atom stereocenters. The average Bonchev–Trinajstić information content (AvgIpc) is 2.67. The molecule has 0 aliphatic carbocycles. The number of piperidine rings is 1. The maximum absolute atomic E-state index is 12.4. The summed E-state index contributed by atoms with van der Waals surface area (Å²) in [4.78, 5) is 32.5. The van der Waals surface area contributed by atoms with Gasteiger partial charge >= 0.3 is 5.69 Å². The third-order valence-corrected chi connectivity index (χ3v) is 4.72. The Morgan fingerprint density at radius 2 is 2.00 bits per heavy atom. The Bertz CT molecular complexity index is 831. The quantitative estimate of drug-likeness (QED) is 0.607. The molecule has 142 valence electrons. The number of anilines is 2. The predicted molar refractivity (Wildman–Crippen MR) is 101 cm³/mol. The van der Waals surface area contributed by atoms with Crippen molar-refractivity contribution in [2.24, 2.45) is 5.92 Å². The first-order valence-corrected chi connectivity index (χ1v) is 8.79. The zero-order chi connectivity index (χ0) is 19.4. The van der Waals surface area contributed by atoms with Crippen LogP contribution in [0.25, 0.3) is 0 Å². The van der Waals surface area contributed by atoms with Crippen molar-refractivity contribution in [3.63, 3.8) is 0 Å². The first-order chi connectivity index (χ1) is 12.9. The lowest BCUT2D eigenvalue weighted by atomic mass is 9.96. The van der Waals surface area contributed by atoms with E-state index in [1.54, 1.807) is 0 Å². The van der Waals surface area contributed by atoms with E-state index in [-0.39, 0.29) is 23.3 Å². The molecule has 1 aliphatic heterocycles. The van der Waals surface area contributed by atoms with Crippen LogP contribution in [0.15, 0.2) is 30.5 Å². The van der Waals surface area contributed by atoms with Crippen LogP contribution in [0.4, 0.5) is 17.5 Å². The molecule has 9 nitrogen and oxygen atoms in total. The molecule has 0 saturated carbocycles. The third kappa shape index (κ3) is 4.49. The summed E-state index contributed by atoms with van der Waals surface area (Å²) in [6.07, 6.45) is 2.46. The van der Waals surface area contributed by atoms with E-state index in [0.29, 0.717) is 38.4 Å². The Labute approximate surface area is 156 Å². The van der Waals surface area contributed by atoms with Crippen molar-refractivity contribution in [1.29, 1.82) is 0 Å². The van der Waals surface area contributed by atoms with Crippen LogP contribution in [0.5, 0.6) is 0 Å². The lowest BCUT2D eigenvalue weighted by Crippen LogP contribution is -2.41. The van der Waals surface area contributed by atoms with E-state index in [1.165, 1.54) is 5.56 Å². The molecule has 1 aliphatic rings. The SMILES string of the molecule is Cc1ccc(CNC(=O)C2CCN(c3ncc([N+](=O)[O-])c(N)n3)CC2)cc1. The Balaban J connectivity index is 1.52. The number of nitro groups is 1. The van der Waals surface area contributed by atoms with Gasteiger partial charge in [0.05, 0.1) is 4.92 Å². The van der Waals surface area contributed by atoms with E-state index < -0.39 is 4.92 Å². The van der Waals surface area contributed by atoms with E-state index in [0.717, 1.165) is 11.8 Å². The highest BCUT2D eigenvalue weighted by Crippen LogP contribution is 2.24. The number of nitrogens with one attached hydrogen (secondary N) is 1. The normalized spacial score (nSPS) is 14.8. The Hall–Kier alpha value is -3.23. The molecule has 1 aromatic heterocycles. The van der Waals surface area contributed by atoms with Gasteiger partial charge in [0.1, 0.15) is 6.20 Å². The number of nitrogens with two attached hydrogens (primary N) is 1. The summed E-state index contributed by atoms with van der Waals surface area (Å²) in [6.45, 7) is 3.74. The number of carbonyl (C=O) groups is 1. The number of carbonyl (C=O) groups excluding carboxylic acids is 1. The van der Waals surface area contributed by atoms with E-state index in [4.69, 9.17) is 5.73 Å². The van der Waals surface area contributed by atoms with Crippen molar-refractivity contribution < 1.29 is 9.72 Å². The molecule has 2 aromatic rings. The molecule has 9 heteroatoms. The number of nitrogen functional groups attached to an aromatic ring is 1. The van der Waals surface area contributed by atoms with Gasteiger partial charge in [0.2, 0.25) is 17.7 Å². The molecule has 0 spiro atoms. The van der Waals surface area contributed by atoms with Gasteiger partial charge in [-0.15, -0.1) is 0 Å². The zero-order valence-electron chi connectivity index (χ0n) is 15.1. The van der Waals surface area contributed by atoms with Crippen LogP contribution in [0.1, 0.15) is 24.0 Å². The van der Waals surface area contributed by atoms with Gasteiger partial charge in [0.25, 0.3) is 0 Å². The highest BCUT2D eigenvalue weighted by atomic mass is 16.6. The van der Waals surface area contributed by atoms with Crippen molar-refractivity contribution in [1.82, 2.24) is 15.3 Å². The van der Waals surface area contributed by atoms with Gasteiger partial charge < -0.3 is 16.0 Å². The second-order valence-corrected chi connectivity index (χ2v) is 6.66. The smallest absolute Gasteiger partial charge is 0.329 e. The molecule has 3 rings (SSSR count). The van der Waals surface area contributed by atoms with E-state index in [1.807, 2.05) is 36.1 Å². The fraction of sp³-hybridized carbons (Fsp3) is 0.389. The minimum absolute atomic E-state index is 0.0411. The fourth-order valence-corrected chi connectivity index (χ4v) is 3.05. The largest absolute Gasteiger partial charge is 0.378 e. The standard InChI is InChI=1S/C18H22N6O3/c1-12-2-4-13(5-3-12)10-20-17(25)14-6-8-23(9-7-14)18-21-11-15(24(26)27)16(19)22-18/h2-5,11,14H,6-10H2,1H3,(H,20,25)(H2,19,21,22). The summed E-state index contributed by atoms with van der Waals surface area (Å²) >= 11 is 0. The Kier molecular flexibility index (Phi) is 5.49. The van der Waals surface area contributed by atoms with Crippen molar-refractivity contribution >= 4 is 23.4 Å². The number of amides is 1. The minimum Gasteiger partial charge on any atom is -0.378 e. The molecule has 0 radical (unpaired) electrons. The number of aromatic nitrogens is 2. The highest BCUT2D eigenvalue weighted by molar-refractivity contribution is 5.79. The summed E-state index contributed by atoms with van der Waals surface area (Å²) < 4.78 is 0. The molecular weight excluding hydrogens is 348 g/mol. The molecule has 1 saturated heterocycles. The first kappa shape index (κ1) is 18.6. The van der Waals surface area contributed by atoms with Gasteiger partial charge in [0.15, 0.2) is 0 Å². The van der Waals surface area contributed by atoms with Crippen molar-refractivity contribution in [3.8, 4) is 0 Å². The molecule has 0 bridgehead atoms. The Morgan fingerprint density at radius 3 is 2.59 bits per heavy atom. The summed E-state index contributed by atoms with van der Waals surface area (Å²) in [5, 5.41) is 13.8. The van der Waals surface area contributed by atoms with Gasteiger partial charge in [-0.05, 0) is 25.3 Å². The number of rotatable bonds is 5. The van der Waals surface area contributed by atoms with Gasteiger partial charge in [0, 0.05) is 25.6 Å². The van der Waals surface area contributed by atoms with Crippen LogP contribution in [0.2, 0.25) is 0 Å². The second kappa shape index (κ2) is 7.98. The number of nitrogens with zero attached hydrogens (tertiary/aromatic N) is 4. The zero-order valence-corrected chi connectivity index (χ0v) is 15.1. The molecular formula is C18H22N6O3. The monoisotopic (exact) mass is 370 g/mol. The summed E-state index contributed by atoms with van der Waals surface area (Å²) in [6, 6.07) is 8.06. The second-order valence-electron chi connectivity index (χ2n) is 6.66. The first-order valence-electron chi connectivity index (χ1n) is 8.79. The number of hydrogen-bond acceptors (Lipinski definition) is 7. The molecule has 1 amide bonds. The van der Waals surface area contributed by atoms with Gasteiger partial charge in [-0.1, -0.05) is 29.8 Å². The van der Waals surface area contributed by atoms with Crippen molar-refractivity contribution in [2.75, 3.05) is 23.7 Å². The fourth-order valence-electron chi connectivity index (χ4n) is 3.05. The summed E-state index contributed by atoms with van der Waals surface area (Å²) in [5.74, 6) is 0.182. The summed E-state index contributed by atoms with van der Waals surface area (Å²) in [5.41, 5.74) is 7.58. The molecule has 0 atom stereocenters. The van der Waals surface area contributed by atoms with Crippen LogP contribution >= 0.6 is 0 Å². The topological polar surface area (TPSA) is 127 Å².